The molecule has 2 unspecified atom stereocenters. The Labute approximate surface area is 125 Å². The molecular formula is C18H21F2N. The van der Waals surface area contributed by atoms with E-state index in [0.29, 0.717) is 6.42 Å². The smallest absolute Gasteiger partial charge is 0.129 e. The summed E-state index contributed by atoms with van der Waals surface area (Å²) in [5.74, 6) is -0.951. The van der Waals surface area contributed by atoms with Crippen LogP contribution in [0.2, 0.25) is 0 Å². The third-order valence-electron chi connectivity index (χ3n) is 3.67. The molecule has 0 aromatic heterocycles. The highest BCUT2D eigenvalue weighted by Gasteiger charge is 2.16. The first-order valence-corrected chi connectivity index (χ1v) is 7.35. The molecule has 0 bridgehead atoms. The highest BCUT2D eigenvalue weighted by atomic mass is 19.1. The van der Waals surface area contributed by atoms with E-state index in [2.05, 4.69) is 24.4 Å². The molecular weight excluding hydrogens is 268 g/mol. The van der Waals surface area contributed by atoms with Gasteiger partial charge < -0.3 is 5.32 Å². The minimum atomic E-state index is -0.476. The van der Waals surface area contributed by atoms with Crippen LogP contribution in [0, 0.1) is 11.6 Å². The zero-order valence-corrected chi connectivity index (χ0v) is 12.4. The van der Waals surface area contributed by atoms with Crippen LogP contribution < -0.4 is 5.32 Å². The molecule has 0 aliphatic heterocycles. The first kappa shape index (κ1) is 15.6. The molecule has 21 heavy (non-hydrogen) atoms. The van der Waals surface area contributed by atoms with Crippen LogP contribution in [0.15, 0.2) is 48.5 Å². The molecule has 2 aromatic carbocycles. The lowest BCUT2D eigenvalue weighted by atomic mass is 10.0. The fraction of sp³-hybridized carbons (Fsp3) is 0.333. The van der Waals surface area contributed by atoms with E-state index in [1.54, 1.807) is 0 Å². The van der Waals surface area contributed by atoms with Crippen LogP contribution in [0.1, 0.15) is 37.4 Å². The molecule has 3 heteroatoms. The van der Waals surface area contributed by atoms with Gasteiger partial charge in [-0.3, -0.25) is 0 Å². The van der Waals surface area contributed by atoms with Crippen LogP contribution in [0.5, 0.6) is 0 Å². The largest absolute Gasteiger partial charge is 0.307 e. The quantitative estimate of drug-likeness (QED) is 0.817. The first-order chi connectivity index (χ1) is 10.1. The molecule has 1 nitrogen and oxygen atoms in total. The summed E-state index contributed by atoms with van der Waals surface area (Å²) in [5.41, 5.74) is 1.35. The molecule has 0 heterocycles. The highest BCUT2D eigenvalue weighted by Crippen LogP contribution is 2.19. The van der Waals surface area contributed by atoms with Crippen molar-refractivity contribution in [2.24, 2.45) is 0 Å². The van der Waals surface area contributed by atoms with Gasteiger partial charge in [0.15, 0.2) is 0 Å². The molecule has 0 saturated heterocycles. The van der Waals surface area contributed by atoms with Crippen molar-refractivity contribution < 1.29 is 8.78 Å². The first-order valence-electron chi connectivity index (χ1n) is 7.35. The normalized spacial score (nSPS) is 13.9. The van der Waals surface area contributed by atoms with E-state index in [1.807, 2.05) is 25.1 Å². The summed E-state index contributed by atoms with van der Waals surface area (Å²) in [5, 5.41) is 3.45. The molecule has 2 aromatic rings. The average molecular weight is 289 g/mol. The van der Waals surface area contributed by atoms with Crippen molar-refractivity contribution >= 4 is 0 Å². The van der Waals surface area contributed by atoms with Gasteiger partial charge in [-0.15, -0.1) is 0 Å². The molecule has 1 N–H and O–H groups in total. The molecule has 0 amide bonds. The molecule has 2 atom stereocenters. The van der Waals surface area contributed by atoms with Crippen molar-refractivity contribution in [3.05, 3.63) is 71.3 Å². The molecule has 112 valence electrons. The van der Waals surface area contributed by atoms with E-state index >= 15 is 0 Å². The third kappa shape index (κ3) is 4.11. The number of hydrogen-bond acceptors (Lipinski definition) is 1. The second-order valence-electron chi connectivity index (χ2n) is 5.34. The maximum absolute atomic E-state index is 13.7. The zero-order valence-electron chi connectivity index (χ0n) is 12.4. The number of halogens is 2. The molecule has 0 aliphatic carbocycles. The van der Waals surface area contributed by atoms with E-state index < -0.39 is 11.6 Å². The lowest BCUT2D eigenvalue weighted by molar-refractivity contribution is 0.431. The van der Waals surface area contributed by atoms with Crippen LogP contribution in [-0.2, 0) is 6.42 Å². The molecule has 0 radical (unpaired) electrons. The van der Waals surface area contributed by atoms with E-state index in [4.69, 9.17) is 0 Å². The van der Waals surface area contributed by atoms with Gasteiger partial charge in [-0.25, -0.2) is 8.78 Å². The standard InChI is InChI=1S/C18H21F2N/c1-3-18(14-8-5-4-6-9-14)21-13(2)12-15-16(19)10-7-11-17(15)20/h4-11,13,18,21H,3,12H2,1-2H3. The van der Waals surface area contributed by atoms with E-state index in [1.165, 1.54) is 23.8 Å². The topological polar surface area (TPSA) is 12.0 Å². The van der Waals surface area contributed by atoms with Crippen molar-refractivity contribution in [1.82, 2.24) is 5.32 Å². The second-order valence-corrected chi connectivity index (χ2v) is 5.34. The zero-order chi connectivity index (χ0) is 15.2. The van der Waals surface area contributed by atoms with Crippen LogP contribution in [0.3, 0.4) is 0 Å². The second kappa shape index (κ2) is 7.32. The van der Waals surface area contributed by atoms with Gasteiger partial charge in [0, 0.05) is 17.6 Å². The highest BCUT2D eigenvalue weighted by molar-refractivity contribution is 5.22. The number of benzene rings is 2. The van der Waals surface area contributed by atoms with Gasteiger partial charge in [0.25, 0.3) is 0 Å². The summed E-state index contributed by atoms with van der Waals surface area (Å²) < 4.78 is 27.4. The maximum atomic E-state index is 13.7. The van der Waals surface area contributed by atoms with E-state index in [9.17, 15) is 8.78 Å². The van der Waals surface area contributed by atoms with Crippen LogP contribution in [0.25, 0.3) is 0 Å². The Morgan fingerprint density at radius 2 is 1.57 bits per heavy atom. The summed E-state index contributed by atoms with van der Waals surface area (Å²) in [4.78, 5) is 0. The molecule has 0 saturated carbocycles. The van der Waals surface area contributed by atoms with Gasteiger partial charge >= 0.3 is 0 Å². The molecule has 0 fully saturated rings. The van der Waals surface area contributed by atoms with Crippen molar-refractivity contribution in [3.63, 3.8) is 0 Å². The Bertz CT molecular complexity index is 548. The van der Waals surface area contributed by atoms with Gasteiger partial charge in [-0.2, -0.15) is 0 Å². The number of hydrogen-bond donors (Lipinski definition) is 1. The summed E-state index contributed by atoms with van der Waals surface area (Å²) in [7, 11) is 0. The average Bonchev–Trinajstić information content (AvgIpc) is 2.49. The van der Waals surface area contributed by atoms with Crippen LogP contribution >= 0.6 is 0 Å². The fourth-order valence-electron chi connectivity index (χ4n) is 2.57. The lowest BCUT2D eigenvalue weighted by Gasteiger charge is -2.23. The number of rotatable bonds is 6. The minimum absolute atomic E-state index is 0.0124. The van der Waals surface area contributed by atoms with Gasteiger partial charge in [-0.1, -0.05) is 43.3 Å². The Balaban J connectivity index is 2.05. The summed E-state index contributed by atoms with van der Waals surface area (Å²) in [6, 6.07) is 14.3. The lowest BCUT2D eigenvalue weighted by Crippen LogP contribution is -2.32. The summed E-state index contributed by atoms with van der Waals surface area (Å²) in [6.07, 6.45) is 1.26. The van der Waals surface area contributed by atoms with Gasteiger partial charge in [-0.05, 0) is 37.5 Å². The monoisotopic (exact) mass is 289 g/mol. The Kier molecular flexibility index (Phi) is 5.45. The Morgan fingerprint density at radius 3 is 2.14 bits per heavy atom. The molecule has 0 spiro atoms. The fourth-order valence-corrected chi connectivity index (χ4v) is 2.57. The Hall–Kier alpha value is -1.74. The summed E-state index contributed by atoms with van der Waals surface area (Å²) >= 11 is 0. The van der Waals surface area contributed by atoms with Crippen molar-refractivity contribution in [2.75, 3.05) is 0 Å². The van der Waals surface area contributed by atoms with Gasteiger partial charge in [0.05, 0.1) is 0 Å². The predicted molar refractivity (Wildman–Crippen MR) is 82.1 cm³/mol. The maximum Gasteiger partial charge on any atom is 0.129 e. The van der Waals surface area contributed by atoms with Crippen LogP contribution in [0.4, 0.5) is 8.78 Å². The van der Waals surface area contributed by atoms with E-state index in [0.717, 1.165) is 6.42 Å². The van der Waals surface area contributed by atoms with Gasteiger partial charge in [0.1, 0.15) is 11.6 Å². The van der Waals surface area contributed by atoms with Crippen LogP contribution in [-0.4, -0.2) is 6.04 Å². The number of nitrogens with one attached hydrogen (secondary N) is 1. The van der Waals surface area contributed by atoms with E-state index in [-0.39, 0.29) is 17.6 Å². The van der Waals surface area contributed by atoms with Crippen molar-refractivity contribution in [2.45, 2.75) is 38.8 Å². The summed E-state index contributed by atoms with van der Waals surface area (Å²) in [6.45, 7) is 4.05. The van der Waals surface area contributed by atoms with Gasteiger partial charge in [0.2, 0.25) is 0 Å². The van der Waals surface area contributed by atoms with Crippen molar-refractivity contribution in [1.29, 1.82) is 0 Å². The van der Waals surface area contributed by atoms with Crippen molar-refractivity contribution in [3.8, 4) is 0 Å². The minimum Gasteiger partial charge on any atom is -0.307 e. The predicted octanol–water partition coefficient (Wildman–Crippen LogP) is 4.64. The third-order valence-corrected chi connectivity index (χ3v) is 3.67. The Morgan fingerprint density at radius 1 is 0.952 bits per heavy atom. The SMILES string of the molecule is CCC(NC(C)Cc1c(F)cccc1F)c1ccccc1. The molecule has 2 rings (SSSR count). The molecule has 0 aliphatic rings.